The van der Waals surface area contributed by atoms with E-state index in [1.54, 1.807) is 51.1 Å². The van der Waals surface area contributed by atoms with Crippen molar-refractivity contribution in [3.8, 4) is 0 Å². The molecule has 1 aromatic heterocycles. The fourth-order valence-corrected chi connectivity index (χ4v) is 3.63. The molecule has 0 spiro atoms. The number of ether oxygens (including phenoxy) is 1. The van der Waals surface area contributed by atoms with Crippen molar-refractivity contribution >= 4 is 52.1 Å². The van der Waals surface area contributed by atoms with Crippen LogP contribution in [0.4, 0.5) is 10.5 Å². The number of hydrogen-bond donors (Lipinski definition) is 2. The monoisotopic (exact) mass is 445 g/mol. The van der Waals surface area contributed by atoms with Crippen LogP contribution in [0.3, 0.4) is 0 Å². The topological polar surface area (TPSA) is 72.4 Å². The Morgan fingerprint density at radius 2 is 1.77 bits per heavy atom. The molecule has 0 aliphatic carbocycles. The molecule has 1 heterocycles. The normalized spacial score (nSPS) is 11.4. The van der Waals surface area contributed by atoms with E-state index in [0.717, 1.165) is 33.3 Å². The average molecular weight is 446 g/mol. The van der Waals surface area contributed by atoms with E-state index >= 15 is 0 Å². The minimum atomic E-state index is -0.552. The van der Waals surface area contributed by atoms with Crippen LogP contribution >= 0.6 is 23.5 Å². The van der Waals surface area contributed by atoms with Crippen LogP contribution in [0.25, 0.3) is 10.9 Å². The molecule has 2 amide bonds. The van der Waals surface area contributed by atoms with Crippen molar-refractivity contribution in [2.24, 2.45) is 7.05 Å². The molecule has 0 saturated heterocycles. The third kappa shape index (κ3) is 5.09. The number of halogens is 1. The Hall–Kier alpha value is -2.64. The summed E-state index contributed by atoms with van der Waals surface area (Å²) in [5.74, 6) is -0.227. The molecule has 0 fully saturated rings. The first kappa shape index (κ1) is 22.1. The number of carbonyl (C=O) groups is 2. The average Bonchev–Trinajstić information content (AvgIpc) is 3.00. The molecule has 0 aliphatic rings. The van der Waals surface area contributed by atoms with Gasteiger partial charge in [-0.1, -0.05) is 17.7 Å². The second kappa shape index (κ2) is 8.62. The SMILES string of the molecule is Cc1ccc2c(cc(C(=O)Nc3ccc(SNC(=O)OC(C)(C)C)cc3)n2C)c1Cl. The summed E-state index contributed by atoms with van der Waals surface area (Å²) in [7, 11) is 1.84. The number of nitrogens with zero attached hydrogens (tertiary/aromatic N) is 1. The van der Waals surface area contributed by atoms with Crippen molar-refractivity contribution in [2.45, 2.75) is 38.2 Å². The molecule has 30 heavy (non-hydrogen) atoms. The first-order valence-electron chi connectivity index (χ1n) is 9.37. The second-order valence-electron chi connectivity index (χ2n) is 7.90. The Bertz CT molecular complexity index is 1100. The Kier molecular flexibility index (Phi) is 6.33. The summed E-state index contributed by atoms with van der Waals surface area (Å²) >= 11 is 7.54. The zero-order valence-electron chi connectivity index (χ0n) is 17.5. The summed E-state index contributed by atoms with van der Waals surface area (Å²) in [5.41, 5.74) is 2.48. The highest BCUT2D eigenvalue weighted by Crippen LogP contribution is 2.29. The van der Waals surface area contributed by atoms with E-state index in [9.17, 15) is 9.59 Å². The van der Waals surface area contributed by atoms with Crippen LogP contribution in [-0.4, -0.2) is 22.2 Å². The van der Waals surface area contributed by atoms with Crippen LogP contribution in [-0.2, 0) is 11.8 Å². The molecule has 0 saturated carbocycles. The van der Waals surface area contributed by atoms with Crippen molar-refractivity contribution in [1.82, 2.24) is 9.29 Å². The van der Waals surface area contributed by atoms with Gasteiger partial charge in [0.05, 0.1) is 5.02 Å². The standard InChI is InChI=1S/C22H24ClN3O3S/c1-13-6-11-17-16(19(13)23)12-18(26(17)5)20(27)24-14-7-9-15(10-8-14)30-25-21(28)29-22(2,3)4/h6-12H,1-5H3,(H,24,27)(H,25,28). The molecular weight excluding hydrogens is 422 g/mol. The van der Waals surface area contributed by atoms with Gasteiger partial charge in [-0.05, 0) is 81.6 Å². The number of carbonyl (C=O) groups excluding carboxylic acids is 2. The summed E-state index contributed by atoms with van der Waals surface area (Å²) in [6, 6.07) is 12.9. The molecule has 0 radical (unpaired) electrons. The predicted molar refractivity (Wildman–Crippen MR) is 122 cm³/mol. The van der Waals surface area contributed by atoms with Gasteiger partial charge in [0, 0.05) is 28.5 Å². The molecule has 3 aromatic rings. The van der Waals surface area contributed by atoms with Gasteiger partial charge in [0.1, 0.15) is 11.3 Å². The fourth-order valence-electron chi connectivity index (χ4n) is 2.90. The Balaban J connectivity index is 1.66. The molecular formula is C22H24ClN3O3S. The number of fused-ring (bicyclic) bond motifs is 1. The van der Waals surface area contributed by atoms with E-state index in [-0.39, 0.29) is 5.91 Å². The first-order valence-corrected chi connectivity index (χ1v) is 10.6. The van der Waals surface area contributed by atoms with Gasteiger partial charge in [0.2, 0.25) is 0 Å². The van der Waals surface area contributed by atoms with Crippen LogP contribution in [0.2, 0.25) is 5.02 Å². The van der Waals surface area contributed by atoms with Crippen molar-refractivity contribution in [3.05, 3.63) is 58.7 Å². The van der Waals surface area contributed by atoms with E-state index < -0.39 is 11.7 Å². The smallest absolute Gasteiger partial charge is 0.418 e. The summed E-state index contributed by atoms with van der Waals surface area (Å²) in [6.07, 6.45) is -0.505. The van der Waals surface area contributed by atoms with Crippen LogP contribution in [0.5, 0.6) is 0 Å². The number of benzene rings is 2. The van der Waals surface area contributed by atoms with Gasteiger partial charge in [-0.15, -0.1) is 0 Å². The Morgan fingerprint density at radius 3 is 2.40 bits per heavy atom. The lowest BCUT2D eigenvalue weighted by Crippen LogP contribution is -2.29. The molecule has 8 heteroatoms. The number of anilines is 1. The van der Waals surface area contributed by atoms with Gasteiger partial charge >= 0.3 is 6.09 Å². The van der Waals surface area contributed by atoms with Crippen molar-refractivity contribution in [1.29, 1.82) is 0 Å². The maximum atomic E-state index is 12.8. The molecule has 0 bridgehead atoms. The van der Waals surface area contributed by atoms with Gasteiger partial charge in [-0.25, -0.2) is 4.79 Å². The molecule has 0 atom stereocenters. The van der Waals surface area contributed by atoms with Gasteiger partial charge in [0.15, 0.2) is 0 Å². The van der Waals surface area contributed by atoms with Gasteiger partial charge < -0.3 is 14.6 Å². The van der Waals surface area contributed by atoms with E-state index in [0.29, 0.717) is 16.4 Å². The lowest BCUT2D eigenvalue weighted by molar-refractivity contribution is 0.0574. The lowest BCUT2D eigenvalue weighted by Gasteiger charge is -2.19. The van der Waals surface area contributed by atoms with Gasteiger partial charge in [-0.3, -0.25) is 9.52 Å². The minimum absolute atomic E-state index is 0.227. The maximum Gasteiger partial charge on any atom is 0.418 e. The Labute approximate surface area is 185 Å². The summed E-state index contributed by atoms with van der Waals surface area (Å²) in [4.78, 5) is 25.3. The third-order valence-corrected chi connectivity index (χ3v) is 5.63. The number of hydrogen-bond acceptors (Lipinski definition) is 4. The summed E-state index contributed by atoms with van der Waals surface area (Å²) in [5, 5.41) is 4.40. The van der Waals surface area contributed by atoms with E-state index in [1.165, 1.54) is 0 Å². The predicted octanol–water partition coefficient (Wildman–Crippen LogP) is 5.92. The van der Waals surface area contributed by atoms with Crippen LogP contribution in [0.1, 0.15) is 36.8 Å². The number of aromatic nitrogens is 1. The second-order valence-corrected chi connectivity index (χ2v) is 9.16. The molecule has 0 aliphatic heterocycles. The van der Waals surface area contributed by atoms with Crippen molar-refractivity contribution in [3.63, 3.8) is 0 Å². The fraction of sp³-hybridized carbons (Fsp3) is 0.273. The number of amides is 2. The van der Waals surface area contributed by atoms with Crippen molar-refractivity contribution in [2.75, 3.05) is 5.32 Å². The molecule has 2 aromatic carbocycles. The maximum absolute atomic E-state index is 12.8. The van der Waals surface area contributed by atoms with Crippen LogP contribution in [0, 0.1) is 6.92 Å². The Morgan fingerprint density at radius 1 is 1.10 bits per heavy atom. The number of rotatable bonds is 4. The summed E-state index contributed by atoms with van der Waals surface area (Å²) in [6.45, 7) is 7.35. The van der Waals surface area contributed by atoms with Gasteiger partial charge in [-0.2, -0.15) is 0 Å². The zero-order valence-corrected chi connectivity index (χ0v) is 19.1. The lowest BCUT2D eigenvalue weighted by atomic mass is 10.2. The zero-order chi connectivity index (χ0) is 22.1. The first-order chi connectivity index (χ1) is 14.0. The summed E-state index contributed by atoms with van der Waals surface area (Å²) < 4.78 is 9.65. The molecule has 6 nitrogen and oxygen atoms in total. The third-order valence-electron chi connectivity index (χ3n) is 4.35. The molecule has 0 unspecified atom stereocenters. The number of aryl methyl sites for hydroxylation is 2. The minimum Gasteiger partial charge on any atom is -0.443 e. The van der Waals surface area contributed by atoms with Gasteiger partial charge in [0.25, 0.3) is 5.91 Å². The highest BCUT2D eigenvalue weighted by Gasteiger charge is 2.17. The van der Waals surface area contributed by atoms with Crippen molar-refractivity contribution < 1.29 is 14.3 Å². The van der Waals surface area contributed by atoms with E-state index in [1.807, 2.05) is 30.7 Å². The molecule has 2 N–H and O–H groups in total. The quantitative estimate of drug-likeness (QED) is 0.488. The van der Waals surface area contributed by atoms with Crippen LogP contribution in [0.15, 0.2) is 47.4 Å². The molecule has 158 valence electrons. The highest BCUT2D eigenvalue weighted by atomic mass is 35.5. The largest absolute Gasteiger partial charge is 0.443 e. The van der Waals surface area contributed by atoms with E-state index in [4.69, 9.17) is 16.3 Å². The number of nitrogens with one attached hydrogen (secondary N) is 2. The molecule has 3 rings (SSSR count). The van der Waals surface area contributed by atoms with E-state index in [2.05, 4.69) is 10.0 Å². The highest BCUT2D eigenvalue weighted by molar-refractivity contribution is 7.98. The van der Waals surface area contributed by atoms with Crippen LogP contribution < -0.4 is 10.0 Å².